The topological polar surface area (TPSA) is 102 Å². The van der Waals surface area contributed by atoms with Crippen LogP contribution in [0.25, 0.3) is 16.8 Å². The van der Waals surface area contributed by atoms with Gasteiger partial charge in [-0.05, 0) is 23.8 Å². The van der Waals surface area contributed by atoms with Gasteiger partial charge in [0.1, 0.15) is 11.9 Å². The van der Waals surface area contributed by atoms with Gasteiger partial charge in [0.15, 0.2) is 15.5 Å². The van der Waals surface area contributed by atoms with E-state index in [-0.39, 0.29) is 16.1 Å². The summed E-state index contributed by atoms with van der Waals surface area (Å²) in [6, 6.07) is 7.70. The summed E-state index contributed by atoms with van der Waals surface area (Å²) in [5.74, 6) is -1.10. The maximum Gasteiger partial charge on any atom is 0.339 e. The molecule has 0 unspecified atom stereocenters. The number of rotatable bonds is 3. The third-order valence-corrected chi connectivity index (χ3v) is 4.35. The smallest absolute Gasteiger partial charge is 0.339 e. The minimum absolute atomic E-state index is 0.0298. The van der Waals surface area contributed by atoms with E-state index in [1.54, 1.807) is 18.3 Å². The van der Waals surface area contributed by atoms with E-state index < -0.39 is 15.8 Å². The fraction of sp³-hybridized carbons (Fsp3) is 0.0714. The molecule has 0 spiro atoms. The largest absolute Gasteiger partial charge is 0.478 e. The summed E-state index contributed by atoms with van der Waals surface area (Å²) in [6.45, 7) is 0. The molecular formula is C14H11N3O4S. The SMILES string of the molecule is CS(=O)(=O)c1ccc(-c2cc(C(=O)O)c3ncnn3c2)cc1. The van der Waals surface area contributed by atoms with Crippen LogP contribution in [-0.4, -0.2) is 40.3 Å². The first kappa shape index (κ1) is 14.2. The Hall–Kier alpha value is -2.74. The van der Waals surface area contributed by atoms with Crippen molar-refractivity contribution in [3.8, 4) is 11.1 Å². The second-order valence-electron chi connectivity index (χ2n) is 4.77. The summed E-state index contributed by atoms with van der Waals surface area (Å²) < 4.78 is 24.3. The van der Waals surface area contributed by atoms with Gasteiger partial charge in [-0.1, -0.05) is 12.1 Å². The highest BCUT2D eigenvalue weighted by molar-refractivity contribution is 7.90. The standard InChI is InChI=1S/C14H11N3O4S/c1-22(20,21)11-4-2-9(3-5-11)10-6-12(14(18)19)13-15-8-16-17(13)7-10/h2-8H,1H3,(H,18,19). The molecule has 112 valence electrons. The molecule has 3 aromatic rings. The molecule has 0 saturated carbocycles. The van der Waals surface area contributed by atoms with Crippen molar-refractivity contribution in [3.63, 3.8) is 0 Å². The van der Waals surface area contributed by atoms with Crippen LogP contribution < -0.4 is 0 Å². The number of aromatic carboxylic acids is 1. The average molecular weight is 317 g/mol. The fourth-order valence-corrected chi connectivity index (χ4v) is 2.77. The highest BCUT2D eigenvalue weighted by Crippen LogP contribution is 2.23. The van der Waals surface area contributed by atoms with E-state index in [9.17, 15) is 18.3 Å². The molecule has 0 atom stereocenters. The van der Waals surface area contributed by atoms with Gasteiger partial charge in [-0.3, -0.25) is 0 Å². The third-order valence-electron chi connectivity index (χ3n) is 3.22. The van der Waals surface area contributed by atoms with Crippen LogP contribution in [0.15, 0.2) is 47.8 Å². The first-order valence-corrected chi connectivity index (χ1v) is 8.12. The van der Waals surface area contributed by atoms with Crippen molar-refractivity contribution in [2.45, 2.75) is 4.90 Å². The zero-order valence-electron chi connectivity index (χ0n) is 11.5. The number of hydrogen-bond acceptors (Lipinski definition) is 5. The zero-order chi connectivity index (χ0) is 15.9. The van der Waals surface area contributed by atoms with Gasteiger partial charge in [-0.2, -0.15) is 5.10 Å². The Labute approximate surface area is 125 Å². The number of carboxylic acids is 1. The van der Waals surface area contributed by atoms with Crippen molar-refractivity contribution in [1.82, 2.24) is 14.6 Å². The molecule has 0 aliphatic heterocycles. The molecule has 1 N–H and O–H groups in total. The van der Waals surface area contributed by atoms with Crippen molar-refractivity contribution in [3.05, 3.63) is 48.4 Å². The second-order valence-corrected chi connectivity index (χ2v) is 6.79. The van der Waals surface area contributed by atoms with E-state index >= 15 is 0 Å². The number of benzene rings is 1. The van der Waals surface area contributed by atoms with E-state index in [1.165, 1.54) is 29.0 Å². The molecule has 3 rings (SSSR count). The summed E-state index contributed by atoms with van der Waals surface area (Å²) in [5, 5.41) is 13.2. The van der Waals surface area contributed by atoms with Gasteiger partial charge in [-0.15, -0.1) is 0 Å². The van der Waals surface area contributed by atoms with Crippen molar-refractivity contribution >= 4 is 21.5 Å². The van der Waals surface area contributed by atoms with Crippen LogP contribution in [0.4, 0.5) is 0 Å². The molecule has 0 radical (unpaired) electrons. The first-order chi connectivity index (χ1) is 10.4. The fourth-order valence-electron chi connectivity index (χ4n) is 2.14. The molecule has 1 aromatic carbocycles. The van der Waals surface area contributed by atoms with E-state index in [0.717, 1.165) is 6.26 Å². The quantitative estimate of drug-likeness (QED) is 0.785. The molecule has 8 heteroatoms. The lowest BCUT2D eigenvalue weighted by Crippen LogP contribution is -2.02. The Morgan fingerprint density at radius 1 is 1.18 bits per heavy atom. The molecule has 0 aliphatic rings. The summed E-state index contributed by atoms with van der Waals surface area (Å²) in [7, 11) is -3.27. The Morgan fingerprint density at radius 3 is 2.45 bits per heavy atom. The Kier molecular flexibility index (Phi) is 3.18. The third kappa shape index (κ3) is 2.44. The van der Waals surface area contributed by atoms with Crippen molar-refractivity contribution in [1.29, 1.82) is 0 Å². The van der Waals surface area contributed by atoms with Crippen molar-refractivity contribution in [2.75, 3.05) is 6.26 Å². The maximum atomic E-state index is 11.5. The number of hydrogen-bond donors (Lipinski definition) is 1. The van der Waals surface area contributed by atoms with E-state index in [0.29, 0.717) is 11.1 Å². The van der Waals surface area contributed by atoms with Gasteiger partial charge in [0.2, 0.25) is 0 Å². The van der Waals surface area contributed by atoms with Crippen LogP contribution in [0.5, 0.6) is 0 Å². The van der Waals surface area contributed by atoms with Gasteiger partial charge < -0.3 is 5.11 Å². The molecule has 0 fully saturated rings. The molecule has 7 nitrogen and oxygen atoms in total. The number of aromatic nitrogens is 3. The van der Waals surface area contributed by atoms with Crippen LogP contribution in [0.1, 0.15) is 10.4 Å². The average Bonchev–Trinajstić information content (AvgIpc) is 2.93. The number of fused-ring (bicyclic) bond motifs is 1. The van der Waals surface area contributed by atoms with Crippen LogP contribution in [0.2, 0.25) is 0 Å². The van der Waals surface area contributed by atoms with Gasteiger partial charge in [0, 0.05) is 18.0 Å². The molecule has 0 bridgehead atoms. The molecule has 0 amide bonds. The Bertz CT molecular complexity index is 975. The monoisotopic (exact) mass is 317 g/mol. The first-order valence-electron chi connectivity index (χ1n) is 6.23. The van der Waals surface area contributed by atoms with Crippen molar-refractivity contribution in [2.24, 2.45) is 0 Å². The van der Waals surface area contributed by atoms with Gasteiger partial charge in [-0.25, -0.2) is 22.7 Å². The normalized spacial score (nSPS) is 11.7. The zero-order valence-corrected chi connectivity index (χ0v) is 12.3. The van der Waals surface area contributed by atoms with Crippen LogP contribution >= 0.6 is 0 Å². The lowest BCUT2D eigenvalue weighted by atomic mass is 10.1. The summed E-state index contributed by atoms with van der Waals surface area (Å²) in [5.41, 5.74) is 1.58. The van der Waals surface area contributed by atoms with E-state index in [2.05, 4.69) is 10.1 Å². The minimum Gasteiger partial charge on any atom is -0.478 e. The molecular weight excluding hydrogens is 306 g/mol. The summed E-state index contributed by atoms with van der Waals surface area (Å²) in [6.07, 6.45) is 4.05. The number of sulfone groups is 1. The predicted octanol–water partition coefficient (Wildman–Crippen LogP) is 1.50. The van der Waals surface area contributed by atoms with Gasteiger partial charge in [0.05, 0.1) is 4.90 Å². The van der Waals surface area contributed by atoms with Crippen LogP contribution in [0.3, 0.4) is 0 Å². The number of pyridine rings is 1. The second kappa shape index (κ2) is 4.92. The highest BCUT2D eigenvalue weighted by atomic mass is 32.2. The number of carbonyl (C=O) groups is 1. The minimum atomic E-state index is -3.27. The Balaban J connectivity index is 2.16. The molecule has 0 aliphatic carbocycles. The molecule has 22 heavy (non-hydrogen) atoms. The Morgan fingerprint density at radius 2 is 1.86 bits per heavy atom. The van der Waals surface area contributed by atoms with Crippen molar-refractivity contribution < 1.29 is 18.3 Å². The van der Waals surface area contributed by atoms with Gasteiger partial charge >= 0.3 is 5.97 Å². The van der Waals surface area contributed by atoms with E-state index in [4.69, 9.17) is 0 Å². The predicted molar refractivity (Wildman–Crippen MR) is 78.5 cm³/mol. The lowest BCUT2D eigenvalue weighted by Gasteiger charge is -2.06. The van der Waals surface area contributed by atoms with E-state index in [1.807, 2.05) is 0 Å². The number of carboxylic acid groups (broad SMARTS) is 1. The van der Waals surface area contributed by atoms with Gasteiger partial charge in [0.25, 0.3) is 0 Å². The van der Waals surface area contributed by atoms with Crippen LogP contribution in [-0.2, 0) is 9.84 Å². The maximum absolute atomic E-state index is 11.5. The summed E-state index contributed by atoms with van der Waals surface area (Å²) >= 11 is 0. The molecule has 0 saturated heterocycles. The molecule has 2 aromatic heterocycles. The lowest BCUT2D eigenvalue weighted by molar-refractivity contribution is 0.0698. The van der Waals surface area contributed by atoms with Crippen LogP contribution in [0, 0.1) is 0 Å². The highest BCUT2D eigenvalue weighted by Gasteiger charge is 2.14. The number of nitrogens with zero attached hydrogens (tertiary/aromatic N) is 3. The summed E-state index contributed by atoms with van der Waals surface area (Å²) in [4.78, 5) is 15.4. The molecule has 2 heterocycles.